The minimum Gasteiger partial charge on any atom is -0.493 e. The molecule has 1 N–H and O–H groups in total. The van der Waals surface area contributed by atoms with Crippen molar-refractivity contribution in [1.82, 2.24) is 0 Å². The van der Waals surface area contributed by atoms with Crippen LogP contribution in [-0.2, 0) is 0 Å². The second-order valence-electron chi connectivity index (χ2n) is 7.31. The molecule has 160 valence electrons. The average molecular weight is 399 g/mol. The summed E-state index contributed by atoms with van der Waals surface area (Å²) in [6.45, 7) is 4.86. The van der Waals surface area contributed by atoms with Crippen molar-refractivity contribution in [2.75, 3.05) is 6.61 Å². The van der Waals surface area contributed by atoms with Crippen molar-refractivity contribution in [3.63, 3.8) is 0 Å². The lowest BCUT2D eigenvalue weighted by Gasteiger charge is -2.10. The van der Waals surface area contributed by atoms with E-state index in [1.807, 2.05) is 30.4 Å². The topological polar surface area (TPSA) is 46.5 Å². The van der Waals surface area contributed by atoms with Crippen molar-refractivity contribution < 1.29 is 14.6 Å². The Kier molecular flexibility index (Phi) is 14.2. The molecule has 29 heavy (non-hydrogen) atoms. The Hall–Kier alpha value is -2.29. The van der Waals surface area contributed by atoms with Crippen LogP contribution in [0.5, 0.6) is 5.75 Å². The summed E-state index contributed by atoms with van der Waals surface area (Å²) in [4.78, 5) is 11.7. The molecule has 0 bridgehead atoms. The van der Waals surface area contributed by atoms with Crippen LogP contribution in [0, 0.1) is 0 Å². The summed E-state index contributed by atoms with van der Waals surface area (Å²) in [5.41, 5.74) is 0.880. The summed E-state index contributed by atoms with van der Waals surface area (Å²) in [6.07, 6.45) is 24.2. The molecule has 1 rings (SSSR count). The van der Waals surface area contributed by atoms with Crippen LogP contribution in [0.15, 0.2) is 48.6 Å². The van der Waals surface area contributed by atoms with Crippen LogP contribution in [-0.4, -0.2) is 17.7 Å². The summed E-state index contributed by atoms with van der Waals surface area (Å²) >= 11 is 0. The molecule has 3 nitrogen and oxygen atoms in total. The number of hydrogen-bond donors (Lipinski definition) is 1. The molecule has 0 aliphatic carbocycles. The van der Waals surface area contributed by atoms with Gasteiger partial charge in [-0.2, -0.15) is 0 Å². The molecule has 0 atom stereocenters. The SMILES string of the molecule is CCCCCCCCCC=CC=CC=Cc1cccc(OCCCC)c1C(=O)O. The molecule has 0 saturated carbocycles. The maximum absolute atomic E-state index is 11.7. The molecule has 0 aromatic heterocycles. The summed E-state index contributed by atoms with van der Waals surface area (Å²) in [7, 11) is 0. The number of aromatic carboxylic acids is 1. The predicted octanol–water partition coefficient (Wildman–Crippen LogP) is 7.83. The molecule has 0 heterocycles. The molecule has 1 aromatic carbocycles. The van der Waals surface area contributed by atoms with Gasteiger partial charge in [-0.15, -0.1) is 0 Å². The monoisotopic (exact) mass is 398 g/mol. The van der Waals surface area contributed by atoms with Crippen molar-refractivity contribution in [3.8, 4) is 5.75 Å². The summed E-state index contributed by atoms with van der Waals surface area (Å²) in [5, 5.41) is 9.56. The average Bonchev–Trinajstić information content (AvgIpc) is 2.71. The second-order valence-corrected chi connectivity index (χ2v) is 7.31. The van der Waals surface area contributed by atoms with Crippen LogP contribution in [0.25, 0.3) is 6.08 Å². The van der Waals surface area contributed by atoms with E-state index < -0.39 is 5.97 Å². The smallest absolute Gasteiger partial charge is 0.340 e. The summed E-state index contributed by atoms with van der Waals surface area (Å²) in [5.74, 6) is -0.526. The van der Waals surface area contributed by atoms with E-state index in [9.17, 15) is 9.90 Å². The highest BCUT2D eigenvalue weighted by Crippen LogP contribution is 2.24. The maximum Gasteiger partial charge on any atom is 0.340 e. The lowest BCUT2D eigenvalue weighted by Crippen LogP contribution is -2.06. The van der Waals surface area contributed by atoms with Crippen molar-refractivity contribution in [3.05, 3.63) is 59.7 Å². The second kappa shape index (κ2) is 16.6. The number of allylic oxidation sites excluding steroid dienone is 5. The van der Waals surface area contributed by atoms with Gasteiger partial charge in [0.1, 0.15) is 11.3 Å². The number of ether oxygens (including phenoxy) is 1. The molecule has 0 amide bonds. The fraction of sp³-hybridized carbons (Fsp3) is 0.500. The summed E-state index contributed by atoms with van der Waals surface area (Å²) < 4.78 is 5.65. The van der Waals surface area contributed by atoms with Gasteiger partial charge in [0.2, 0.25) is 0 Å². The molecule has 0 aliphatic rings. The largest absolute Gasteiger partial charge is 0.493 e. The van der Waals surface area contributed by atoms with Crippen LogP contribution in [0.4, 0.5) is 0 Å². The molecule has 0 aliphatic heterocycles. The highest BCUT2D eigenvalue weighted by molar-refractivity contribution is 5.95. The van der Waals surface area contributed by atoms with Crippen molar-refractivity contribution in [2.24, 2.45) is 0 Å². The highest BCUT2D eigenvalue weighted by Gasteiger charge is 2.14. The zero-order valence-electron chi connectivity index (χ0n) is 18.2. The van der Waals surface area contributed by atoms with E-state index in [-0.39, 0.29) is 5.56 Å². The van der Waals surface area contributed by atoms with Gasteiger partial charge < -0.3 is 9.84 Å². The maximum atomic E-state index is 11.7. The zero-order valence-corrected chi connectivity index (χ0v) is 18.2. The van der Waals surface area contributed by atoms with Crippen LogP contribution < -0.4 is 4.74 Å². The number of carbonyl (C=O) groups is 1. The first-order chi connectivity index (χ1) is 14.2. The third kappa shape index (κ3) is 11.3. The molecular weight excluding hydrogens is 360 g/mol. The number of hydrogen-bond acceptors (Lipinski definition) is 2. The normalized spacial score (nSPS) is 11.8. The van der Waals surface area contributed by atoms with Gasteiger partial charge in [0.15, 0.2) is 0 Å². The van der Waals surface area contributed by atoms with Gasteiger partial charge in [0, 0.05) is 0 Å². The van der Waals surface area contributed by atoms with Gasteiger partial charge >= 0.3 is 5.97 Å². The van der Waals surface area contributed by atoms with E-state index in [1.165, 1.54) is 44.9 Å². The van der Waals surface area contributed by atoms with Gasteiger partial charge in [0.25, 0.3) is 0 Å². The van der Waals surface area contributed by atoms with Crippen LogP contribution in [0.3, 0.4) is 0 Å². The van der Waals surface area contributed by atoms with E-state index in [1.54, 1.807) is 12.1 Å². The number of benzene rings is 1. The Bertz CT molecular complexity index is 656. The number of unbranched alkanes of at least 4 members (excludes halogenated alkanes) is 8. The van der Waals surface area contributed by atoms with E-state index in [0.29, 0.717) is 17.9 Å². The fourth-order valence-corrected chi connectivity index (χ4v) is 3.04. The molecule has 1 aromatic rings. The molecule has 0 saturated heterocycles. The van der Waals surface area contributed by atoms with Crippen molar-refractivity contribution >= 4 is 12.0 Å². The Morgan fingerprint density at radius 3 is 2.31 bits per heavy atom. The molecular formula is C26H38O3. The lowest BCUT2D eigenvalue weighted by atomic mass is 10.1. The van der Waals surface area contributed by atoms with Crippen molar-refractivity contribution in [1.29, 1.82) is 0 Å². The van der Waals surface area contributed by atoms with Crippen LogP contribution >= 0.6 is 0 Å². The Labute approximate surface area is 177 Å². The Balaban J connectivity index is 2.44. The quantitative estimate of drug-likeness (QED) is 0.228. The zero-order chi connectivity index (χ0) is 21.2. The van der Waals surface area contributed by atoms with Crippen molar-refractivity contribution in [2.45, 2.75) is 78.1 Å². The third-order valence-electron chi connectivity index (χ3n) is 4.75. The molecule has 3 heteroatoms. The number of carboxylic acid groups (broad SMARTS) is 1. The Morgan fingerprint density at radius 2 is 1.59 bits per heavy atom. The van der Waals surface area contributed by atoms with E-state index >= 15 is 0 Å². The van der Waals surface area contributed by atoms with Gasteiger partial charge in [-0.3, -0.25) is 0 Å². The predicted molar refractivity (Wildman–Crippen MR) is 124 cm³/mol. The van der Waals surface area contributed by atoms with Gasteiger partial charge in [-0.1, -0.05) is 107 Å². The van der Waals surface area contributed by atoms with Gasteiger partial charge in [-0.25, -0.2) is 4.79 Å². The minimum atomic E-state index is -0.963. The van der Waals surface area contributed by atoms with Crippen LogP contribution in [0.1, 0.15) is 94.0 Å². The number of rotatable bonds is 16. The van der Waals surface area contributed by atoms with Gasteiger partial charge in [0.05, 0.1) is 6.61 Å². The highest BCUT2D eigenvalue weighted by atomic mass is 16.5. The first-order valence-corrected chi connectivity index (χ1v) is 11.2. The molecule has 0 unspecified atom stereocenters. The van der Waals surface area contributed by atoms with E-state index in [2.05, 4.69) is 26.0 Å². The fourth-order valence-electron chi connectivity index (χ4n) is 3.04. The first kappa shape index (κ1) is 24.7. The first-order valence-electron chi connectivity index (χ1n) is 11.2. The number of carboxylic acids is 1. The van der Waals surface area contributed by atoms with Gasteiger partial charge in [-0.05, 0) is 30.9 Å². The Morgan fingerprint density at radius 1 is 0.897 bits per heavy atom. The van der Waals surface area contributed by atoms with E-state index in [4.69, 9.17) is 4.74 Å². The standard InChI is InChI=1S/C26H38O3/c1-3-5-7-8-9-10-11-12-13-14-15-16-17-19-23-20-18-21-24(25(23)26(27)28)29-22-6-4-2/h13-21H,3-12,22H2,1-2H3,(H,27,28). The minimum absolute atomic E-state index is 0.225. The van der Waals surface area contributed by atoms with E-state index in [0.717, 1.165) is 19.3 Å². The third-order valence-corrected chi connectivity index (χ3v) is 4.75. The van der Waals surface area contributed by atoms with Crippen LogP contribution in [0.2, 0.25) is 0 Å². The summed E-state index contributed by atoms with van der Waals surface area (Å²) in [6, 6.07) is 5.36. The lowest BCUT2D eigenvalue weighted by molar-refractivity contribution is 0.0692. The molecule has 0 spiro atoms. The molecule has 0 radical (unpaired) electrons. The molecule has 0 fully saturated rings.